The van der Waals surface area contributed by atoms with Crippen molar-refractivity contribution in [1.82, 2.24) is 14.7 Å². The van der Waals surface area contributed by atoms with Gasteiger partial charge in [0.15, 0.2) is 23.7 Å². The fourth-order valence-corrected chi connectivity index (χ4v) is 5.71. The number of thiazole rings is 1. The second-order valence-corrected chi connectivity index (χ2v) is 13.2. The number of amides is 1. The minimum atomic E-state index is -5.02. The van der Waals surface area contributed by atoms with Crippen LogP contribution >= 0.6 is 11.3 Å². The van der Waals surface area contributed by atoms with E-state index < -0.39 is 76.3 Å². The molecule has 8 N–H and O–H groups in total. The van der Waals surface area contributed by atoms with E-state index in [2.05, 4.69) is 14.4 Å². The predicted octanol–water partition coefficient (Wildman–Crippen LogP) is -0.639. The Balaban J connectivity index is 0.00000226. The summed E-state index contributed by atoms with van der Waals surface area (Å²) in [6.45, 7) is 2.11. The number of halogens is 1. The van der Waals surface area contributed by atoms with Gasteiger partial charge in [0, 0.05) is 30.0 Å². The fraction of sp³-hybridized carbons (Fsp3) is 0.393. The largest absolute Gasteiger partial charge is 0.489 e. The zero-order valence-corrected chi connectivity index (χ0v) is 28.8. The number of carbonyl (C=O) groups is 4. The van der Waals surface area contributed by atoms with Crippen LogP contribution in [0.3, 0.4) is 0 Å². The number of oxime groups is 1. The molecule has 3 heterocycles. The first-order chi connectivity index (χ1) is 23.8. The molecule has 1 aromatic carbocycles. The number of carbonyl (C=O) groups excluding carboxylic acids is 2. The van der Waals surface area contributed by atoms with Gasteiger partial charge in [0.05, 0.1) is 29.3 Å². The average molecular weight is 761 g/mol. The van der Waals surface area contributed by atoms with Gasteiger partial charge in [-0.3, -0.25) is 18.9 Å². The van der Waals surface area contributed by atoms with Crippen LogP contribution in [0, 0.1) is 11.7 Å². The molecule has 278 valence electrons. The standard InChI is InChI=1S/C27H32FN7O11S2.CH2O2/c1-27(2)18(24(38)35(27)46-48(41,42)43)7-21(37)23(20-13-47-26(30)31-20)32-45-22(25(39)40)12-44-16-4-5-17(19(28)6-16)14-9-33(3)34(10-14)11-15(36)8-29;2-1-3/h4-6,9-10,13,15,18,22,36H,7-8,11-12,29H2,1-3H3,(H3-,30,31,39,40,41,42,43);1H,(H,2,3)/p+1/b32-23-;/t15-,18+,22-;/m0./s1. The first-order valence-electron chi connectivity index (χ1n) is 14.5. The molecule has 1 aliphatic heterocycles. The number of aromatic nitrogens is 3. The van der Waals surface area contributed by atoms with Crippen LogP contribution in [0.1, 0.15) is 26.0 Å². The number of aliphatic hydroxyl groups excluding tert-OH is 1. The molecule has 20 nitrogen and oxygen atoms in total. The number of ether oxygens (including phenoxy) is 1. The highest BCUT2D eigenvalue weighted by atomic mass is 32.3. The van der Waals surface area contributed by atoms with Crippen LogP contribution in [-0.2, 0) is 52.3 Å². The molecule has 1 amide bonds. The third kappa shape index (κ3) is 10.2. The summed E-state index contributed by atoms with van der Waals surface area (Å²) in [4.78, 5) is 55.3. The summed E-state index contributed by atoms with van der Waals surface area (Å²) in [6, 6.07) is 3.88. The molecule has 23 heteroatoms. The number of Topliss-reactive ketones (excluding diaryl/α,β-unsaturated/α-hetero) is 1. The number of carboxylic acid groups (broad SMARTS) is 2. The summed E-state index contributed by atoms with van der Waals surface area (Å²) in [5, 5.41) is 32.0. The first-order valence-corrected chi connectivity index (χ1v) is 16.7. The molecule has 0 aliphatic carbocycles. The number of carboxylic acids is 1. The van der Waals surface area contributed by atoms with Gasteiger partial charge in [-0.25, -0.2) is 14.2 Å². The van der Waals surface area contributed by atoms with E-state index >= 15 is 4.39 Å². The number of ketones is 1. The summed E-state index contributed by atoms with van der Waals surface area (Å²) in [6.07, 6.45) is 0.138. The van der Waals surface area contributed by atoms with Crippen molar-refractivity contribution in [1.29, 1.82) is 0 Å². The Labute approximate surface area is 293 Å². The molecule has 3 aromatic rings. The van der Waals surface area contributed by atoms with Gasteiger partial charge in [0.1, 0.15) is 30.4 Å². The van der Waals surface area contributed by atoms with Crippen molar-refractivity contribution < 1.29 is 70.4 Å². The number of aryl methyl sites for hydroxylation is 1. The molecule has 0 radical (unpaired) electrons. The number of hydroxylamine groups is 2. The molecule has 0 saturated carbocycles. The zero-order chi connectivity index (χ0) is 38.3. The van der Waals surface area contributed by atoms with E-state index in [1.807, 2.05) is 0 Å². The average Bonchev–Trinajstić information content (AvgIpc) is 3.64. The van der Waals surface area contributed by atoms with Gasteiger partial charge in [0.2, 0.25) is 6.20 Å². The molecule has 4 rings (SSSR count). The van der Waals surface area contributed by atoms with Crippen LogP contribution in [0.15, 0.2) is 41.1 Å². The molecule has 0 unspecified atom stereocenters. The van der Waals surface area contributed by atoms with Crippen LogP contribution in [0.25, 0.3) is 11.1 Å². The van der Waals surface area contributed by atoms with E-state index in [1.165, 1.54) is 31.4 Å². The minimum absolute atomic E-state index is 0.0385. The number of benzene rings is 1. The quantitative estimate of drug-likeness (QED) is 0.0264. The second kappa shape index (κ2) is 16.8. The summed E-state index contributed by atoms with van der Waals surface area (Å²) >= 11 is 0.943. The summed E-state index contributed by atoms with van der Waals surface area (Å²) in [7, 11) is -3.31. The van der Waals surface area contributed by atoms with E-state index in [1.54, 1.807) is 28.8 Å². The number of rotatable bonds is 16. The van der Waals surface area contributed by atoms with Crippen molar-refractivity contribution >= 4 is 56.7 Å². The number of nitrogens with two attached hydrogens (primary N) is 2. The van der Waals surface area contributed by atoms with Crippen molar-refractivity contribution in [3.05, 3.63) is 47.5 Å². The zero-order valence-electron chi connectivity index (χ0n) is 27.2. The number of hydrogen-bond donors (Lipinski definition) is 6. The maximum Gasteiger partial charge on any atom is 0.418 e. The van der Waals surface area contributed by atoms with Crippen LogP contribution in [-0.4, -0.2) is 104 Å². The molecule has 1 aliphatic rings. The number of anilines is 1. The number of nitrogens with zero attached hydrogens (tertiary/aromatic N) is 5. The molecule has 51 heavy (non-hydrogen) atoms. The molecule has 1 saturated heterocycles. The topological polar surface area (TPSA) is 300 Å². The van der Waals surface area contributed by atoms with E-state index in [0.717, 1.165) is 17.4 Å². The number of aliphatic carboxylic acids is 1. The molecular formula is C28H35FN7O13S2+. The second-order valence-electron chi connectivity index (χ2n) is 11.3. The van der Waals surface area contributed by atoms with Gasteiger partial charge >= 0.3 is 16.4 Å². The van der Waals surface area contributed by atoms with E-state index in [4.69, 9.17) is 35.5 Å². The fourth-order valence-electron chi connectivity index (χ4n) is 4.71. The summed E-state index contributed by atoms with van der Waals surface area (Å²) < 4.78 is 59.3. The van der Waals surface area contributed by atoms with Gasteiger partial charge in [-0.05, 0) is 26.0 Å². The lowest BCUT2D eigenvalue weighted by Crippen LogP contribution is -2.68. The highest BCUT2D eigenvalue weighted by Gasteiger charge is 2.57. The third-order valence-electron chi connectivity index (χ3n) is 7.35. The van der Waals surface area contributed by atoms with E-state index in [0.29, 0.717) is 10.6 Å². The van der Waals surface area contributed by atoms with Crippen LogP contribution < -0.4 is 20.9 Å². The molecule has 0 spiro atoms. The number of nitrogen functional groups attached to an aromatic ring is 1. The molecule has 1 fully saturated rings. The minimum Gasteiger partial charge on any atom is -0.489 e. The van der Waals surface area contributed by atoms with E-state index in [-0.39, 0.29) is 41.7 Å². The predicted molar refractivity (Wildman–Crippen MR) is 172 cm³/mol. The Kier molecular flexibility index (Phi) is 13.3. The normalized spacial score (nSPS) is 16.7. The Bertz CT molecular complexity index is 1900. The van der Waals surface area contributed by atoms with E-state index in [9.17, 15) is 33.0 Å². The lowest BCUT2D eigenvalue weighted by atomic mass is 9.74. The Hall–Kier alpha value is -5.07. The maximum atomic E-state index is 15.1. The van der Waals surface area contributed by atoms with Crippen molar-refractivity contribution in [2.45, 2.75) is 44.6 Å². The van der Waals surface area contributed by atoms with Crippen molar-refractivity contribution in [3.8, 4) is 16.9 Å². The number of aliphatic hydroxyl groups is 1. The van der Waals surface area contributed by atoms with Gasteiger partial charge in [-0.15, -0.1) is 20.3 Å². The SMILES string of the molecule is C[n+]1cc(-c2ccc(OC[C@H](O/N=C(\C(=O)C[C@@H]3C(=O)N(OS(=O)(=O)O)C3(C)C)c3csc(N)n3)C(=O)O)cc2F)cn1C[C@@H](O)CN.O=CO. The lowest BCUT2D eigenvalue weighted by molar-refractivity contribution is -0.754. The van der Waals surface area contributed by atoms with Gasteiger partial charge in [-0.2, -0.15) is 18.2 Å². The van der Waals surface area contributed by atoms with Crippen LogP contribution in [0.5, 0.6) is 5.75 Å². The third-order valence-corrected chi connectivity index (χ3v) is 8.36. The monoisotopic (exact) mass is 760 g/mol. The van der Waals surface area contributed by atoms with Gasteiger partial charge in [-0.1, -0.05) is 5.16 Å². The van der Waals surface area contributed by atoms with Gasteiger partial charge < -0.3 is 36.4 Å². The van der Waals surface area contributed by atoms with Crippen LogP contribution in [0.4, 0.5) is 9.52 Å². The summed E-state index contributed by atoms with van der Waals surface area (Å²) in [5.41, 5.74) is 9.94. The number of hydrogen-bond acceptors (Lipinski definition) is 15. The smallest absolute Gasteiger partial charge is 0.418 e. The molecule has 0 bridgehead atoms. The highest BCUT2D eigenvalue weighted by molar-refractivity contribution is 7.80. The maximum absolute atomic E-state index is 15.1. The Morgan fingerprint density at radius 3 is 2.51 bits per heavy atom. The Morgan fingerprint density at radius 1 is 1.31 bits per heavy atom. The molecular weight excluding hydrogens is 725 g/mol. The molecule has 3 atom stereocenters. The Morgan fingerprint density at radius 2 is 1.98 bits per heavy atom. The van der Waals surface area contributed by atoms with Crippen LogP contribution in [0.2, 0.25) is 0 Å². The highest BCUT2D eigenvalue weighted by Crippen LogP contribution is 2.40. The van der Waals surface area contributed by atoms with Crippen molar-refractivity contribution in [3.63, 3.8) is 0 Å². The number of β-lactam (4-membered cyclic amide) rings is 1. The lowest BCUT2D eigenvalue weighted by Gasteiger charge is -2.50. The molecule has 2 aromatic heterocycles. The van der Waals surface area contributed by atoms with Gasteiger partial charge in [0.25, 0.3) is 18.5 Å². The summed E-state index contributed by atoms with van der Waals surface area (Å²) in [5.74, 6) is -5.14. The van der Waals surface area contributed by atoms with Crippen molar-refractivity contribution in [2.75, 3.05) is 18.9 Å². The van der Waals surface area contributed by atoms with Crippen molar-refractivity contribution in [2.24, 2.45) is 23.9 Å². The first kappa shape index (κ1) is 40.4.